The van der Waals surface area contributed by atoms with Gasteiger partial charge in [0.25, 0.3) is 0 Å². The number of hydrogen-bond donors (Lipinski definition) is 1. The lowest BCUT2D eigenvalue weighted by atomic mass is 10.0. The third-order valence-corrected chi connectivity index (χ3v) is 3.74. The zero-order chi connectivity index (χ0) is 13.4. The van der Waals surface area contributed by atoms with Crippen LogP contribution in [0.5, 0.6) is 0 Å². The van der Waals surface area contributed by atoms with Gasteiger partial charge in [0.1, 0.15) is 0 Å². The van der Waals surface area contributed by atoms with Crippen molar-refractivity contribution in [3.05, 3.63) is 0 Å². The minimum Gasteiger partial charge on any atom is -0.383 e. The highest BCUT2D eigenvalue weighted by molar-refractivity contribution is 5.76. The fraction of sp³-hybridized carbons (Fsp3) is 0.929. The van der Waals surface area contributed by atoms with Gasteiger partial charge in [-0.3, -0.25) is 4.79 Å². The van der Waals surface area contributed by atoms with E-state index < -0.39 is 0 Å². The maximum absolute atomic E-state index is 12.2. The topological polar surface area (TPSA) is 41.6 Å². The Morgan fingerprint density at radius 3 is 2.89 bits per heavy atom. The molecule has 106 valence electrons. The van der Waals surface area contributed by atoms with Gasteiger partial charge in [-0.15, -0.1) is 0 Å². The molecule has 1 heterocycles. The molecule has 1 aliphatic rings. The van der Waals surface area contributed by atoms with Crippen molar-refractivity contribution in [1.82, 2.24) is 10.2 Å². The summed E-state index contributed by atoms with van der Waals surface area (Å²) in [6, 6.07) is 0.475. The lowest BCUT2D eigenvalue weighted by Crippen LogP contribution is -2.43. The molecule has 2 atom stereocenters. The summed E-state index contributed by atoms with van der Waals surface area (Å²) in [7, 11) is 1.69. The summed E-state index contributed by atoms with van der Waals surface area (Å²) in [5.74, 6) is 0.745. The van der Waals surface area contributed by atoms with Gasteiger partial charge in [-0.25, -0.2) is 0 Å². The number of ether oxygens (including phenoxy) is 1. The Morgan fingerprint density at radius 2 is 2.33 bits per heavy atom. The van der Waals surface area contributed by atoms with Crippen LogP contribution in [0.25, 0.3) is 0 Å². The van der Waals surface area contributed by atoms with Crippen molar-refractivity contribution < 1.29 is 9.53 Å². The van der Waals surface area contributed by atoms with E-state index in [0.717, 1.165) is 19.5 Å². The molecule has 4 nitrogen and oxygen atoms in total. The molecule has 0 aromatic carbocycles. The van der Waals surface area contributed by atoms with Crippen LogP contribution in [0.3, 0.4) is 0 Å². The fourth-order valence-corrected chi connectivity index (χ4v) is 2.27. The Bertz CT molecular complexity index is 240. The Hall–Kier alpha value is -0.610. The van der Waals surface area contributed by atoms with Crippen LogP contribution in [0.1, 0.15) is 39.5 Å². The molecule has 1 saturated heterocycles. The molecule has 0 saturated carbocycles. The highest BCUT2D eigenvalue weighted by Crippen LogP contribution is 2.12. The monoisotopic (exact) mass is 256 g/mol. The minimum atomic E-state index is 0.273. The van der Waals surface area contributed by atoms with Crippen LogP contribution in [-0.4, -0.2) is 50.2 Å². The van der Waals surface area contributed by atoms with Crippen molar-refractivity contribution >= 4 is 5.91 Å². The quantitative estimate of drug-likeness (QED) is 0.718. The van der Waals surface area contributed by atoms with Crippen molar-refractivity contribution in [3.8, 4) is 0 Å². The van der Waals surface area contributed by atoms with Crippen LogP contribution in [0.15, 0.2) is 0 Å². The van der Waals surface area contributed by atoms with Gasteiger partial charge in [0.15, 0.2) is 0 Å². The number of rotatable bonds is 8. The summed E-state index contributed by atoms with van der Waals surface area (Å²) in [5, 5.41) is 3.45. The van der Waals surface area contributed by atoms with Gasteiger partial charge in [-0.1, -0.05) is 20.3 Å². The maximum Gasteiger partial charge on any atom is 0.222 e. The second kappa shape index (κ2) is 8.48. The van der Waals surface area contributed by atoms with Crippen LogP contribution in [0.2, 0.25) is 0 Å². The predicted octanol–water partition coefficient (Wildman–Crippen LogP) is 1.65. The molecular weight excluding hydrogens is 228 g/mol. The number of carbonyl (C=O) groups is 1. The molecule has 1 rings (SSSR count). The van der Waals surface area contributed by atoms with Crippen molar-refractivity contribution in [2.45, 2.75) is 45.6 Å². The SMILES string of the molecule is CCC(C)CC(=O)N(CCOC)CC1CCCN1. The van der Waals surface area contributed by atoms with E-state index in [1.165, 1.54) is 12.8 Å². The summed E-state index contributed by atoms with van der Waals surface area (Å²) in [5.41, 5.74) is 0. The van der Waals surface area contributed by atoms with E-state index in [0.29, 0.717) is 31.5 Å². The number of nitrogens with one attached hydrogen (secondary N) is 1. The van der Waals surface area contributed by atoms with Crippen LogP contribution in [-0.2, 0) is 9.53 Å². The molecule has 1 aliphatic heterocycles. The van der Waals surface area contributed by atoms with E-state index in [1.807, 2.05) is 4.90 Å². The summed E-state index contributed by atoms with van der Waals surface area (Å²) < 4.78 is 5.10. The second-order valence-corrected chi connectivity index (χ2v) is 5.34. The molecule has 0 aromatic rings. The molecule has 1 amide bonds. The van der Waals surface area contributed by atoms with Crippen molar-refractivity contribution in [3.63, 3.8) is 0 Å². The first-order valence-corrected chi connectivity index (χ1v) is 7.17. The summed E-state index contributed by atoms with van der Waals surface area (Å²) in [4.78, 5) is 14.2. The van der Waals surface area contributed by atoms with Gasteiger partial charge < -0.3 is 15.0 Å². The lowest BCUT2D eigenvalue weighted by molar-refractivity contribution is -0.133. The summed E-state index contributed by atoms with van der Waals surface area (Å²) in [6.07, 6.45) is 4.13. The zero-order valence-corrected chi connectivity index (χ0v) is 12.1. The van der Waals surface area contributed by atoms with Gasteiger partial charge in [0, 0.05) is 32.7 Å². The number of carbonyl (C=O) groups excluding carboxylic acids is 1. The van der Waals surface area contributed by atoms with E-state index in [-0.39, 0.29) is 5.91 Å². The molecule has 18 heavy (non-hydrogen) atoms. The van der Waals surface area contributed by atoms with E-state index in [4.69, 9.17) is 4.74 Å². The molecular formula is C14H28N2O2. The zero-order valence-electron chi connectivity index (χ0n) is 12.1. The highest BCUT2D eigenvalue weighted by atomic mass is 16.5. The maximum atomic E-state index is 12.2. The number of hydrogen-bond acceptors (Lipinski definition) is 3. The van der Waals surface area contributed by atoms with Crippen LogP contribution in [0.4, 0.5) is 0 Å². The van der Waals surface area contributed by atoms with Gasteiger partial charge in [0.05, 0.1) is 6.61 Å². The average molecular weight is 256 g/mol. The van der Waals surface area contributed by atoms with Gasteiger partial charge in [0.2, 0.25) is 5.91 Å². The largest absolute Gasteiger partial charge is 0.383 e. The number of nitrogens with zero attached hydrogens (tertiary/aromatic N) is 1. The summed E-state index contributed by atoms with van der Waals surface area (Å²) in [6.45, 7) is 7.53. The van der Waals surface area contributed by atoms with Gasteiger partial charge in [-0.2, -0.15) is 0 Å². The Balaban J connectivity index is 2.44. The van der Waals surface area contributed by atoms with Crippen LogP contribution < -0.4 is 5.32 Å². The van der Waals surface area contributed by atoms with Gasteiger partial charge >= 0.3 is 0 Å². The molecule has 0 bridgehead atoms. The Kier molecular flexibility index (Phi) is 7.28. The van der Waals surface area contributed by atoms with Gasteiger partial charge in [-0.05, 0) is 25.3 Å². The van der Waals surface area contributed by atoms with Crippen LogP contribution in [0, 0.1) is 5.92 Å². The van der Waals surface area contributed by atoms with E-state index in [1.54, 1.807) is 7.11 Å². The molecule has 0 aliphatic carbocycles. The number of methoxy groups -OCH3 is 1. The molecule has 2 unspecified atom stereocenters. The molecule has 0 spiro atoms. The molecule has 0 radical (unpaired) electrons. The lowest BCUT2D eigenvalue weighted by Gasteiger charge is -2.26. The first kappa shape index (κ1) is 15.4. The first-order chi connectivity index (χ1) is 8.67. The smallest absolute Gasteiger partial charge is 0.222 e. The molecule has 1 N–H and O–H groups in total. The van der Waals surface area contributed by atoms with E-state index in [2.05, 4.69) is 19.2 Å². The molecule has 1 fully saturated rings. The Labute approximate surface area is 111 Å². The molecule has 4 heteroatoms. The molecule has 0 aromatic heterocycles. The average Bonchev–Trinajstić information content (AvgIpc) is 2.86. The third kappa shape index (κ3) is 5.36. The van der Waals surface area contributed by atoms with Crippen molar-refractivity contribution in [1.29, 1.82) is 0 Å². The minimum absolute atomic E-state index is 0.273. The fourth-order valence-electron chi connectivity index (χ4n) is 2.27. The normalized spacial score (nSPS) is 20.9. The summed E-state index contributed by atoms with van der Waals surface area (Å²) >= 11 is 0. The van der Waals surface area contributed by atoms with Crippen molar-refractivity contribution in [2.24, 2.45) is 5.92 Å². The Morgan fingerprint density at radius 1 is 1.56 bits per heavy atom. The van der Waals surface area contributed by atoms with Crippen molar-refractivity contribution in [2.75, 3.05) is 33.4 Å². The van der Waals surface area contributed by atoms with E-state index in [9.17, 15) is 4.79 Å². The predicted molar refractivity (Wildman–Crippen MR) is 73.6 cm³/mol. The van der Waals surface area contributed by atoms with E-state index >= 15 is 0 Å². The first-order valence-electron chi connectivity index (χ1n) is 7.17. The second-order valence-electron chi connectivity index (χ2n) is 5.34. The number of amides is 1. The third-order valence-electron chi connectivity index (χ3n) is 3.74. The standard InChI is InChI=1S/C14H28N2O2/c1-4-12(2)10-14(17)16(8-9-18-3)11-13-6-5-7-15-13/h12-13,15H,4-11H2,1-3H3. The highest BCUT2D eigenvalue weighted by Gasteiger charge is 2.22. The van der Waals surface area contributed by atoms with Crippen LogP contribution >= 0.6 is 0 Å².